The molecule has 0 aliphatic carbocycles. The van der Waals surface area contributed by atoms with E-state index in [4.69, 9.17) is 4.74 Å². The van der Waals surface area contributed by atoms with Crippen LogP contribution in [0.1, 0.15) is 24.0 Å². The van der Waals surface area contributed by atoms with Crippen molar-refractivity contribution in [3.8, 4) is 0 Å². The number of amides is 2. The van der Waals surface area contributed by atoms with Gasteiger partial charge >= 0.3 is 0 Å². The van der Waals surface area contributed by atoms with Crippen LogP contribution in [0, 0.1) is 0 Å². The summed E-state index contributed by atoms with van der Waals surface area (Å²) in [6, 6.07) is 18.3. The van der Waals surface area contributed by atoms with Crippen molar-refractivity contribution in [2.45, 2.75) is 43.2 Å². The molecule has 0 spiro atoms. The van der Waals surface area contributed by atoms with Crippen LogP contribution in [0.15, 0.2) is 60.7 Å². The number of benzene rings is 2. The smallest absolute Gasteiger partial charge is 0.246 e. The molecule has 3 unspecified atom stereocenters. The summed E-state index contributed by atoms with van der Waals surface area (Å²) in [5, 5.41) is 2.94. The van der Waals surface area contributed by atoms with Gasteiger partial charge in [0.25, 0.3) is 0 Å². The SMILES string of the molecule is O=C(Cc1ccccc1)NC(CSCc1ccccc1)C(=O)N1CCCC2OCC(=O)C21. The highest BCUT2D eigenvalue weighted by Gasteiger charge is 2.45. The second-order valence-corrected chi connectivity index (χ2v) is 9.25. The fourth-order valence-corrected chi connectivity index (χ4v) is 5.32. The summed E-state index contributed by atoms with van der Waals surface area (Å²) in [6.45, 7) is 0.580. The molecular weight excluding hydrogens is 424 g/mol. The number of piperidine rings is 1. The standard InChI is InChI=1S/C25H28N2O4S/c28-21-15-31-22-12-7-13-27(24(21)22)25(30)20(17-32-16-19-10-5-2-6-11-19)26-23(29)14-18-8-3-1-4-9-18/h1-6,8-11,20,22,24H,7,12-17H2,(H,26,29). The first-order valence-corrected chi connectivity index (χ1v) is 12.2. The summed E-state index contributed by atoms with van der Waals surface area (Å²) in [5.41, 5.74) is 2.06. The number of hydrogen-bond acceptors (Lipinski definition) is 5. The number of carbonyl (C=O) groups is 3. The lowest BCUT2D eigenvalue weighted by Crippen LogP contribution is -2.58. The van der Waals surface area contributed by atoms with E-state index in [0.717, 1.165) is 29.7 Å². The summed E-state index contributed by atoms with van der Waals surface area (Å²) in [6.07, 6.45) is 1.57. The lowest BCUT2D eigenvalue weighted by Gasteiger charge is -2.37. The number of likely N-dealkylation sites (tertiary alicyclic amines) is 1. The molecule has 2 saturated heterocycles. The van der Waals surface area contributed by atoms with Crippen molar-refractivity contribution in [1.29, 1.82) is 0 Å². The number of ketones is 1. The van der Waals surface area contributed by atoms with E-state index >= 15 is 0 Å². The van der Waals surface area contributed by atoms with Gasteiger partial charge in [-0.3, -0.25) is 14.4 Å². The van der Waals surface area contributed by atoms with E-state index in [-0.39, 0.29) is 36.7 Å². The minimum absolute atomic E-state index is 0.0469. The van der Waals surface area contributed by atoms with Gasteiger partial charge in [0.15, 0.2) is 5.78 Å². The van der Waals surface area contributed by atoms with Crippen molar-refractivity contribution in [2.24, 2.45) is 0 Å². The van der Waals surface area contributed by atoms with Crippen molar-refractivity contribution in [3.63, 3.8) is 0 Å². The van der Waals surface area contributed by atoms with Gasteiger partial charge in [-0.1, -0.05) is 60.7 Å². The molecule has 2 aliphatic heterocycles. The molecule has 2 heterocycles. The zero-order valence-corrected chi connectivity index (χ0v) is 18.8. The maximum Gasteiger partial charge on any atom is 0.246 e. The monoisotopic (exact) mass is 452 g/mol. The van der Waals surface area contributed by atoms with Crippen LogP contribution < -0.4 is 5.32 Å². The molecule has 32 heavy (non-hydrogen) atoms. The number of nitrogens with zero attached hydrogens (tertiary/aromatic N) is 1. The van der Waals surface area contributed by atoms with Crippen molar-refractivity contribution >= 4 is 29.4 Å². The predicted molar refractivity (Wildman–Crippen MR) is 124 cm³/mol. The zero-order chi connectivity index (χ0) is 22.3. The highest BCUT2D eigenvalue weighted by molar-refractivity contribution is 7.98. The average molecular weight is 453 g/mol. The minimum atomic E-state index is -0.688. The largest absolute Gasteiger partial charge is 0.368 e. The van der Waals surface area contributed by atoms with Gasteiger partial charge in [0.2, 0.25) is 11.8 Å². The van der Waals surface area contributed by atoms with Gasteiger partial charge in [-0.2, -0.15) is 11.8 Å². The minimum Gasteiger partial charge on any atom is -0.368 e. The van der Waals surface area contributed by atoms with Crippen LogP contribution in [0.5, 0.6) is 0 Å². The molecule has 168 valence electrons. The van der Waals surface area contributed by atoms with Gasteiger partial charge < -0.3 is 15.0 Å². The first-order chi connectivity index (χ1) is 15.6. The second kappa shape index (κ2) is 10.8. The molecule has 2 aromatic rings. The second-order valence-electron chi connectivity index (χ2n) is 8.22. The summed E-state index contributed by atoms with van der Waals surface area (Å²) >= 11 is 1.60. The van der Waals surface area contributed by atoms with Crippen molar-refractivity contribution in [2.75, 3.05) is 18.9 Å². The van der Waals surface area contributed by atoms with Crippen LogP contribution in [0.3, 0.4) is 0 Å². The Hall–Kier alpha value is -2.64. The number of carbonyl (C=O) groups excluding carboxylic acids is 3. The summed E-state index contributed by atoms with van der Waals surface area (Å²) < 4.78 is 5.59. The molecule has 0 saturated carbocycles. The highest BCUT2D eigenvalue weighted by Crippen LogP contribution is 2.27. The fraction of sp³-hybridized carbons (Fsp3) is 0.400. The summed E-state index contributed by atoms with van der Waals surface area (Å²) in [7, 11) is 0. The van der Waals surface area contributed by atoms with Crippen molar-refractivity contribution in [1.82, 2.24) is 10.2 Å². The molecule has 2 aliphatic rings. The maximum absolute atomic E-state index is 13.5. The molecule has 2 aromatic carbocycles. The van der Waals surface area contributed by atoms with Crippen LogP contribution in [0.2, 0.25) is 0 Å². The molecule has 4 rings (SSSR count). The molecule has 2 fully saturated rings. The molecule has 3 atom stereocenters. The van der Waals surface area contributed by atoms with Gasteiger partial charge in [0.05, 0.1) is 12.5 Å². The Morgan fingerprint density at radius 1 is 1.06 bits per heavy atom. The number of ether oxygens (including phenoxy) is 1. The number of Topliss-reactive ketones (excluding diaryl/α,β-unsaturated/α-hetero) is 1. The molecule has 0 bridgehead atoms. The van der Waals surface area contributed by atoms with Crippen LogP contribution in [-0.4, -0.2) is 59.6 Å². The number of nitrogens with one attached hydrogen (secondary N) is 1. The normalized spacial score (nSPS) is 21.1. The highest BCUT2D eigenvalue weighted by atomic mass is 32.2. The summed E-state index contributed by atoms with van der Waals surface area (Å²) in [5.74, 6) is 0.747. The zero-order valence-electron chi connectivity index (χ0n) is 17.9. The molecule has 1 N–H and O–H groups in total. The third kappa shape index (κ3) is 5.58. The van der Waals surface area contributed by atoms with Crippen molar-refractivity contribution in [3.05, 3.63) is 71.8 Å². The van der Waals surface area contributed by atoms with Crippen molar-refractivity contribution < 1.29 is 19.1 Å². The van der Waals surface area contributed by atoms with Crippen LogP contribution in [-0.2, 0) is 31.3 Å². The first-order valence-electron chi connectivity index (χ1n) is 11.0. The van der Waals surface area contributed by atoms with Gasteiger partial charge in [-0.05, 0) is 24.0 Å². The van der Waals surface area contributed by atoms with E-state index in [1.165, 1.54) is 0 Å². The molecule has 2 amide bonds. The fourth-order valence-electron chi connectivity index (χ4n) is 4.31. The van der Waals surface area contributed by atoms with E-state index in [2.05, 4.69) is 5.32 Å². The third-order valence-corrected chi connectivity index (χ3v) is 6.97. The van der Waals surface area contributed by atoms with Gasteiger partial charge in [0, 0.05) is 18.1 Å². The van der Waals surface area contributed by atoms with Crippen LogP contribution in [0.25, 0.3) is 0 Å². The predicted octanol–water partition coefficient (Wildman–Crippen LogP) is 2.61. The van der Waals surface area contributed by atoms with E-state index in [1.807, 2.05) is 60.7 Å². The Balaban J connectivity index is 1.44. The molecule has 6 nitrogen and oxygen atoms in total. The lowest BCUT2D eigenvalue weighted by molar-refractivity contribution is -0.143. The van der Waals surface area contributed by atoms with Crippen LogP contribution in [0.4, 0.5) is 0 Å². The Morgan fingerprint density at radius 3 is 2.47 bits per heavy atom. The lowest BCUT2D eigenvalue weighted by atomic mass is 9.97. The van der Waals surface area contributed by atoms with E-state index < -0.39 is 12.1 Å². The Labute approximate surface area is 192 Å². The molecule has 7 heteroatoms. The Bertz CT molecular complexity index is 937. The van der Waals surface area contributed by atoms with Gasteiger partial charge in [-0.25, -0.2) is 0 Å². The number of fused-ring (bicyclic) bond motifs is 1. The number of rotatable bonds is 8. The third-order valence-electron chi connectivity index (χ3n) is 5.87. The molecule has 0 aromatic heterocycles. The Kier molecular flexibility index (Phi) is 7.60. The summed E-state index contributed by atoms with van der Waals surface area (Å²) in [4.78, 5) is 40.3. The van der Waals surface area contributed by atoms with Gasteiger partial charge in [-0.15, -0.1) is 0 Å². The molecular formula is C25H28N2O4S. The molecule has 0 radical (unpaired) electrons. The Morgan fingerprint density at radius 2 is 1.75 bits per heavy atom. The topological polar surface area (TPSA) is 75.7 Å². The number of hydrogen-bond donors (Lipinski definition) is 1. The van der Waals surface area contributed by atoms with E-state index in [1.54, 1.807) is 16.7 Å². The maximum atomic E-state index is 13.5. The first kappa shape index (κ1) is 22.6. The van der Waals surface area contributed by atoms with E-state index in [9.17, 15) is 14.4 Å². The van der Waals surface area contributed by atoms with E-state index in [0.29, 0.717) is 12.3 Å². The number of thioether (sulfide) groups is 1. The quantitative estimate of drug-likeness (QED) is 0.666. The van der Waals surface area contributed by atoms with Gasteiger partial charge in [0.1, 0.15) is 18.7 Å². The average Bonchev–Trinajstić information content (AvgIpc) is 3.20. The van der Waals surface area contributed by atoms with Crippen LogP contribution >= 0.6 is 11.8 Å².